The Labute approximate surface area is 73.2 Å². The predicted octanol–water partition coefficient (Wildman–Crippen LogP) is 2.72. The molecule has 1 aliphatic heterocycles. The molecule has 0 saturated carbocycles. The maximum Gasteiger partial charge on any atom is 0.0407 e. The number of nitrogens with zero attached hydrogens (tertiary/aromatic N) is 1. The van der Waals surface area contributed by atoms with E-state index in [0.29, 0.717) is 11.8 Å². The van der Waals surface area contributed by atoms with Crippen molar-refractivity contribution in [3.8, 4) is 0 Å². The summed E-state index contributed by atoms with van der Waals surface area (Å²) in [6, 6.07) is 0. The van der Waals surface area contributed by atoms with Crippen LogP contribution in [0.5, 0.6) is 0 Å². The standard InChI is InChI=1S/C11H13N/c1-8-7-12-9(2)11-6-4-3-5-10(8)11/h3-8,10H,1-2H3/t8-,10?/m1/s1. The first-order valence-corrected chi connectivity index (χ1v) is 4.39. The molecule has 2 rings (SSSR count). The Balaban J connectivity index is 2.44. The molecule has 62 valence electrons. The van der Waals surface area contributed by atoms with Crippen molar-refractivity contribution in [2.75, 3.05) is 0 Å². The average molecular weight is 159 g/mol. The van der Waals surface area contributed by atoms with E-state index in [0.717, 1.165) is 0 Å². The molecule has 2 atom stereocenters. The second-order valence-corrected chi connectivity index (χ2v) is 3.45. The minimum atomic E-state index is 0.546. The lowest BCUT2D eigenvalue weighted by atomic mass is 9.82. The Bertz CT molecular complexity index is 305. The Morgan fingerprint density at radius 1 is 1.33 bits per heavy atom. The molecular formula is C11H13N. The van der Waals surface area contributed by atoms with Crippen molar-refractivity contribution in [1.82, 2.24) is 0 Å². The van der Waals surface area contributed by atoms with Gasteiger partial charge in [-0.25, -0.2) is 0 Å². The van der Waals surface area contributed by atoms with Crippen LogP contribution in [0.4, 0.5) is 0 Å². The Hall–Kier alpha value is -1.11. The maximum atomic E-state index is 4.36. The van der Waals surface area contributed by atoms with Crippen LogP contribution >= 0.6 is 0 Å². The van der Waals surface area contributed by atoms with Crippen LogP contribution in [0.2, 0.25) is 0 Å². The summed E-state index contributed by atoms with van der Waals surface area (Å²) in [5.41, 5.74) is 2.55. The highest BCUT2D eigenvalue weighted by molar-refractivity contribution is 5.67. The van der Waals surface area contributed by atoms with Gasteiger partial charge >= 0.3 is 0 Å². The molecule has 0 saturated heterocycles. The van der Waals surface area contributed by atoms with Crippen LogP contribution in [-0.2, 0) is 0 Å². The molecule has 0 N–H and O–H groups in total. The quantitative estimate of drug-likeness (QED) is 0.515. The molecule has 0 bridgehead atoms. The van der Waals surface area contributed by atoms with Gasteiger partial charge in [-0.05, 0) is 12.5 Å². The van der Waals surface area contributed by atoms with Gasteiger partial charge in [-0.15, -0.1) is 0 Å². The third-order valence-corrected chi connectivity index (χ3v) is 2.55. The molecule has 1 heterocycles. The summed E-state index contributed by atoms with van der Waals surface area (Å²) in [7, 11) is 0. The first-order valence-electron chi connectivity index (χ1n) is 4.39. The second kappa shape index (κ2) is 2.74. The lowest BCUT2D eigenvalue weighted by Crippen LogP contribution is -2.18. The summed E-state index contributed by atoms with van der Waals surface area (Å²) >= 11 is 0. The zero-order valence-electron chi connectivity index (χ0n) is 7.49. The van der Waals surface area contributed by atoms with Crippen LogP contribution < -0.4 is 0 Å². The zero-order chi connectivity index (χ0) is 8.55. The Morgan fingerprint density at radius 2 is 2.17 bits per heavy atom. The molecule has 0 fully saturated rings. The summed E-state index contributed by atoms with van der Waals surface area (Å²) in [4.78, 5) is 4.36. The number of hydrogen-bond donors (Lipinski definition) is 0. The minimum Gasteiger partial charge on any atom is -0.265 e. The molecule has 0 aromatic heterocycles. The van der Waals surface area contributed by atoms with Crippen molar-refractivity contribution in [3.63, 3.8) is 0 Å². The molecule has 1 nitrogen and oxygen atoms in total. The molecular weight excluding hydrogens is 146 g/mol. The minimum absolute atomic E-state index is 0.546. The second-order valence-electron chi connectivity index (χ2n) is 3.45. The van der Waals surface area contributed by atoms with Gasteiger partial charge in [0.1, 0.15) is 0 Å². The third-order valence-electron chi connectivity index (χ3n) is 2.55. The van der Waals surface area contributed by atoms with Crippen LogP contribution in [0.15, 0.2) is 40.6 Å². The van der Waals surface area contributed by atoms with Crippen molar-refractivity contribution in [3.05, 3.63) is 35.6 Å². The van der Waals surface area contributed by atoms with Crippen molar-refractivity contribution in [2.24, 2.45) is 16.8 Å². The van der Waals surface area contributed by atoms with E-state index >= 15 is 0 Å². The topological polar surface area (TPSA) is 12.4 Å². The molecule has 0 aromatic carbocycles. The van der Waals surface area contributed by atoms with Crippen molar-refractivity contribution < 1.29 is 0 Å². The Kier molecular flexibility index (Phi) is 1.72. The van der Waals surface area contributed by atoms with Crippen LogP contribution in [-0.4, -0.2) is 6.21 Å². The molecule has 12 heavy (non-hydrogen) atoms. The SMILES string of the molecule is CC1=C2C=CC=CC2[C@H](C)C=N1. The zero-order valence-corrected chi connectivity index (χ0v) is 7.49. The van der Waals surface area contributed by atoms with E-state index in [2.05, 4.69) is 43.1 Å². The first kappa shape index (κ1) is 7.53. The van der Waals surface area contributed by atoms with Gasteiger partial charge in [-0.2, -0.15) is 0 Å². The van der Waals surface area contributed by atoms with E-state index in [1.165, 1.54) is 11.3 Å². The van der Waals surface area contributed by atoms with Gasteiger partial charge in [-0.1, -0.05) is 31.2 Å². The summed E-state index contributed by atoms with van der Waals surface area (Å²) in [6.07, 6.45) is 10.7. The van der Waals surface area contributed by atoms with Gasteiger partial charge in [0.25, 0.3) is 0 Å². The fourth-order valence-corrected chi connectivity index (χ4v) is 1.77. The lowest BCUT2D eigenvalue weighted by Gasteiger charge is -2.25. The van der Waals surface area contributed by atoms with Crippen molar-refractivity contribution in [1.29, 1.82) is 0 Å². The van der Waals surface area contributed by atoms with Crippen LogP contribution in [0.1, 0.15) is 13.8 Å². The van der Waals surface area contributed by atoms with E-state index in [-0.39, 0.29) is 0 Å². The van der Waals surface area contributed by atoms with Gasteiger partial charge in [0.05, 0.1) is 0 Å². The summed E-state index contributed by atoms with van der Waals surface area (Å²) < 4.78 is 0. The first-order chi connectivity index (χ1) is 5.79. The predicted molar refractivity (Wildman–Crippen MR) is 52.1 cm³/mol. The lowest BCUT2D eigenvalue weighted by molar-refractivity contribution is 0.616. The smallest absolute Gasteiger partial charge is 0.0407 e. The monoisotopic (exact) mass is 159 g/mol. The van der Waals surface area contributed by atoms with Crippen molar-refractivity contribution in [2.45, 2.75) is 13.8 Å². The van der Waals surface area contributed by atoms with E-state index in [1.807, 2.05) is 6.21 Å². The summed E-state index contributed by atoms with van der Waals surface area (Å²) in [5, 5.41) is 0. The summed E-state index contributed by atoms with van der Waals surface area (Å²) in [5.74, 6) is 1.11. The van der Waals surface area contributed by atoms with Crippen LogP contribution in [0, 0.1) is 11.8 Å². The highest BCUT2D eigenvalue weighted by Gasteiger charge is 2.22. The molecule has 0 spiro atoms. The van der Waals surface area contributed by atoms with Gasteiger partial charge in [-0.3, -0.25) is 4.99 Å². The van der Waals surface area contributed by atoms with Gasteiger partial charge < -0.3 is 0 Å². The van der Waals surface area contributed by atoms with E-state index in [4.69, 9.17) is 0 Å². The fraction of sp³-hybridized carbons (Fsp3) is 0.364. The van der Waals surface area contributed by atoms with Crippen LogP contribution in [0.25, 0.3) is 0 Å². The number of hydrogen-bond acceptors (Lipinski definition) is 1. The normalized spacial score (nSPS) is 32.5. The van der Waals surface area contributed by atoms with Crippen LogP contribution in [0.3, 0.4) is 0 Å². The Morgan fingerprint density at radius 3 is 2.92 bits per heavy atom. The molecule has 1 aliphatic carbocycles. The van der Waals surface area contributed by atoms with E-state index in [1.54, 1.807) is 0 Å². The number of allylic oxidation sites excluding steroid dienone is 6. The van der Waals surface area contributed by atoms with Gasteiger partial charge in [0.2, 0.25) is 0 Å². The van der Waals surface area contributed by atoms with Crippen molar-refractivity contribution >= 4 is 6.21 Å². The average Bonchev–Trinajstić information content (AvgIpc) is 2.12. The number of rotatable bonds is 0. The molecule has 0 aromatic rings. The molecule has 1 unspecified atom stereocenters. The number of fused-ring (bicyclic) bond motifs is 1. The molecule has 1 heteroatoms. The molecule has 0 radical (unpaired) electrons. The number of aliphatic imine (C=N–C) groups is 1. The highest BCUT2D eigenvalue weighted by Crippen LogP contribution is 2.31. The fourth-order valence-electron chi connectivity index (χ4n) is 1.77. The summed E-state index contributed by atoms with van der Waals surface area (Å²) in [6.45, 7) is 4.29. The molecule has 2 aliphatic rings. The van der Waals surface area contributed by atoms with Gasteiger partial charge in [0.15, 0.2) is 0 Å². The van der Waals surface area contributed by atoms with E-state index < -0.39 is 0 Å². The maximum absolute atomic E-state index is 4.36. The highest BCUT2D eigenvalue weighted by atomic mass is 14.7. The largest absolute Gasteiger partial charge is 0.265 e. The third kappa shape index (κ3) is 1.06. The van der Waals surface area contributed by atoms with E-state index in [9.17, 15) is 0 Å². The molecule has 0 amide bonds. The van der Waals surface area contributed by atoms with Gasteiger partial charge in [0, 0.05) is 23.7 Å².